The maximum Gasteiger partial charge on any atom is 0.255 e. The van der Waals surface area contributed by atoms with E-state index in [-0.39, 0.29) is 5.91 Å². The van der Waals surface area contributed by atoms with Crippen LogP contribution in [0, 0.1) is 0 Å². The number of methoxy groups -OCH3 is 1. The molecule has 2 aromatic rings. The first-order valence-electron chi connectivity index (χ1n) is 9.22. The van der Waals surface area contributed by atoms with Gasteiger partial charge >= 0.3 is 0 Å². The fourth-order valence-electron chi connectivity index (χ4n) is 3.12. The lowest BCUT2D eigenvalue weighted by molar-refractivity contribution is 0.102. The molecule has 0 fully saturated rings. The van der Waals surface area contributed by atoms with Crippen molar-refractivity contribution in [2.24, 2.45) is 0 Å². The van der Waals surface area contributed by atoms with Gasteiger partial charge in [0, 0.05) is 23.5 Å². The van der Waals surface area contributed by atoms with Crippen LogP contribution in [0.1, 0.15) is 42.5 Å². The summed E-state index contributed by atoms with van der Waals surface area (Å²) < 4.78 is 5.11. The van der Waals surface area contributed by atoms with E-state index in [1.807, 2.05) is 24.3 Å². The molecule has 0 atom stereocenters. The van der Waals surface area contributed by atoms with E-state index in [0.29, 0.717) is 5.56 Å². The molecule has 4 heteroatoms. The van der Waals surface area contributed by atoms with Crippen LogP contribution in [0.4, 0.5) is 11.4 Å². The summed E-state index contributed by atoms with van der Waals surface area (Å²) in [6.45, 7) is 0.948. The number of carbonyl (C=O) groups is 1. The highest BCUT2D eigenvalue weighted by Crippen LogP contribution is 2.21. The van der Waals surface area contributed by atoms with Crippen molar-refractivity contribution in [1.29, 1.82) is 0 Å². The molecule has 0 unspecified atom stereocenters. The number of anilines is 2. The molecule has 0 aliphatic heterocycles. The van der Waals surface area contributed by atoms with Crippen molar-refractivity contribution in [3.05, 3.63) is 65.7 Å². The van der Waals surface area contributed by atoms with Crippen molar-refractivity contribution < 1.29 is 9.53 Å². The van der Waals surface area contributed by atoms with Crippen LogP contribution in [-0.4, -0.2) is 19.6 Å². The van der Waals surface area contributed by atoms with Crippen molar-refractivity contribution in [3.8, 4) is 5.75 Å². The van der Waals surface area contributed by atoms with Gasteiger partial charge in [0.2, 0.25) is 0 Å². The fourth-order valence-corrected chi connectivity index (χ4v) is 3.12. The molecule has 0 spiro atoms. The number of benzene rings is 2. The summed E-state index contributed by atoms with van der Waals surface area (Å²) in [5.41, 5.74) is 4.04. The van der Waals surface area contributed by atoms with E-state index in [4.69, 9.17) is 4.74 Å². The summed E-state index contributed by atoms with van der Waals surface area (Å²) in [5.74, 6) is 0.610. The van der Waals surface area contributed by atoms with E-state index in [2.05, 4.69) is 16.7 Å². The van der Waals surface area contributed by atoms with Gasteiger partial charge in [-0.2, -0.15) is 0 Å². The van der Waals surface area contributed by atoms with Crippen molar-refractivity contribution in [2.75, 3.05) is 24.3 Å². The molecule has 136 valence electrons. The Morgan fingerprint density at radius 3 is 2.38 bits per heavy atom. The van der Waals surface area contributed by atoms with Gasteiger partial charge in [-0.25, -0.2) is 0 Å². The van der Waals surface area contributed by atoms with Crippen molar-refractivity contribution in [2.45, 2.75) is 32.1 Å². The predicted octanol–water partition coefficient (Wildman–Crippen LogP) is 5.25. The third-order valence-electron chi connectivity index (χ3n) is 4.66. The molecule has 0 radical (unpaired) electrons. The van der Waals surface area contributed by atoms with Gasteiger partial charge in [-0.3, -0.25) is 4.79 Å². The maximum absolute atomic E-state index is 12.3. The highest BCUT2D eigenvalue weighted by atomic mass is 16.5. The van der Waals surface area contributed by atoms with Crippen LogP contribution in [0.25, 0.3) is 0 Å². The van der Waals surface area contributed by atoms with Crippen LogP contribution in [0.15, 0.2) is 60.2 Å². The Labute approximate surface area is 155 Å². The molecule has 4 nitrogen and oxygen atoms in total. The Hall–Kier alpha value is -2.75. The number of carbonyl (C=O) groups excluding carboxylic acids is 1. The van der Waals surface area contributed by atoms with Crippen molar-refractivity contribution in [3.63, 3.8) is 0 Å². The number of amides is 1. The van der Waals surface area contributed by atoms with Crippen LogP contribution in [-0.2, 0) is 0 Å². The molecule has 1 amide bonds. The Balaban J connectivity index is 1.48. The minimum absolute atomic E-state index is 0.127. The van der Waals surface area contributed by atoms with Gasteiger partial charge < -0.3 is 15.4 Å². The smallest absolute Gasteiger partial charge is 0.255 e. The molecular formula is C22H26N2O2. The third-order valence-corrected chi connectivity index (χ3v) is 4.66. The Bertz CT molecular complexity index is 749. The molecule has 26 heavy (non-hydrogen) atoms. The minimum atomic E-state index is -0.127. The monoisotopic (exact) mass is 350 g/mol. The second-order valence-electron chi connectivity index (χ2n) is 6.54. The summed E-state index contributed by atoms with van der Waals surface area (Å²) in [5, 5.41) is 6.36. The van der Waals surface area contributed by atoms with E-state index in [9.17, 15) is 4.79 Å². The second kappa shape index (κ2) is 9.09. The lowest BCUT2D eigenvalue weighted by Gasteiger charge is -2.13. The van der Waals surface area contributed by atoms with E-state index in [0.717, 1.165) is 30.1 Å². The summed E-state index contributed by atoms with van der Waals surface area (Å²) in [7, 11) is 1.61. The zero-order chi connectivity index (χ0) is 18.2. The van der Waals surface area contributed by atoms with Crippen LogP contribution in [0.5, 0.6) is 5.75 Å². The largest absolute Gasteiger partial charge is 0.497 e. The van der Waals surface area contributed by atoms with Crippen molar-refractivity contribution >= 4 is 17.3 Å². The standard InChI is InChI=1S/C22H26N2O2/c1-26-21-13-7-18(8-14-21)22(25)24-20-11-9-19(10-12-20)23-16-15-17-5-3-2-4-6-17/h5,7-14,23H,2-4,6,15-16H2,1H3,(H,24,25). The van der Waals surface area contributed by atoms with E-state index in [1.54, 1.807) is 36.9 Å². The first-order chi connectivity index (χ1) is 12.7. The topological polar surface area (TPSA) is 50.4 Å². The maximum atomic E-state index is 12.3. The SMILES string of the molecule is COc1ccc(C(=O)Nc2ccc(NCCC3=CCCCC3)cc2)cc1. The van der Waals surface area contributed by atoms with Crippen LogP contribution in [0.3, 0.4) is 0 Å². The highest BCUT2D eigenvalue weighted by Gasteiger charge is 2.07. The van der Waals surface area contributed by atoms with Gasteiger partial charge in [0.1, 0.15) is 5.75 Å². The van der Waals surface area contributed by atoms with Gasteiger partial charge in [0.25, 0.3) is 5.91 Å². The summed E-state index contributed by atoms with van der Waals surface area (Å²) in [4.78, 5) is 12.3. The minimum Gasteiger partial charge on any atom is -0.497 e. The second-order valence-corrected chi connectivity index (χ2v) is 6.54. The molecule has 0 aromatic heterocycles. The molecule has 0 bridgehead atoms. The predicted molar refractivity (Wildman–Crippen MR) is 107 cm³/mol. The Morgan fingerprint density at radius 1 is 1.00 bits per heavy atom. The summed E-state index contributed by atoms with van der Waals surface area (Å²) >= 11 is 0. The first-order valence-corrected chi connectivity index (χ1v) is 9.22. The number of rotatable bonds is 7. The zero-order valence-corrected chi connectivity index (χ0v) is 15.3. The Morgan fingerprint density at radius 2 is 1.73 bits per heavy atom. The number of hydrogen-bond acceptors (Lipinski definition) is 3. The number of nitrogens with one attached hydrogen (secondary N) is 2. The van der Waals surface area contributed by atoms with Gasteiger partial charge in [-0.1, -0.05) is 11.6 Å². The molecule has 0 saturated heterocycles. The van der Waals surface area contributed by atoms with Crippen LogP contribution < -0.4 is 15.4 Å². The molecule has 0 saturated carbocycles. The first kappa shape index (κ1) is 18.1. The fraction of sp³-hybridized carbons (Fsp3) is 0.318. The molecule has 0 heterocycles. The molecule has 1 aliphatic rings. The zero-order valence-electron chi connectivity index (χ0n) is 15.3. The van der Waals surface area contributed by atoms with Crippen LogP contribution >= 0.6 is 0 Å². The number of ether oxygens (including phenoxy) is 1. The lowest BCUT2D eigenvalue weighted by atomic mass is 9.97. The van der Waals surface area contributed by atoms with E-state index >= 15 is 0 Å². The van der Waals surface area contributed by atoms with E-state index < -0.39 is 0 Å². The van der Waals surface area contributed by atoms with Gasteiger partial charge in [0.05, 0.1) is 7.11 Å². The van der Waals surface area contributed by atoms with Crippen LogP contribution in [0.2, 0.25) is 0 Å². The Kier molecular flexibility index (Phi) is 6.31. The molecule has 3 rings (SSSR count). The molecule has 2 N–H and O–H groups in total. The third kappa shape index (κ3) is 5.12. The normalized spacial score (nSPS) is 13.7. The molecular weight excluding hydrogens is 324 g/mol. The van der Waals surface area contributed by atoms with E-state index in [1.165, 1.54) is 25.7 Å². The lowest BCUT2D eigenvalue weighted by Crippen LogP contribution is -2.11. The average Bonchev–Trinajstić information content (AvgIpc) is 2.70. The van der Waals surface area contributed by atoms with Gasteiger partial charge in [0.15, 0.2) is 0 Å². The number of allylic oxidation sites excluding steroid dienone is 1. The molecule has 2 aromatic carbocycles. The van der Waals surface area contributed by atoms with Crippen molar-refractivity contribution in [1.82, 2.24) is 0 Å². The summed E-state index contributed by atoms with van der Waals surface area (Å²) in [6.07, 6.45) is 8.64. The van der Waals surface area contributed by atoms with Gasteiger partial charge in [-0.15, -0.1) is 0 Å². The number of hydrogen-bond donors (Lipinski definition) is 2. The highest BCUT2D eigenvalue weighted by molar-refractivity contribution is 6.04. The average molecular weight is 350 g/mol. The quantitative estimate of drug-likeness (QED) is 0.671. The van der Waals surface area contributed by atoms with Gasteiger partial charge in [-0.05, 0) is 80.6 Å². The molecule has 1 aliphatic carbocycles. The summed E-state index contributed by atoms with van der Waals surface area (Å²) in [6, 6.07) is 14.9.